The number of hydrogen-bond donors (Lipinski definition) is 0. The van der Waals surface area contributed by atoms with Crippen molar-refractivity contribution >= 4 is 5.97 Å². The zero-order chi connectivity index (χ0) is 17.7. The maximum Gasteiger partial charge on any atom is 0.0417 e. The number of carboxylic acids is 1. The van der Waals surface area contributed by atoms with Crippen molar-refractivity contribution in [3.63, 3.8) is 0 Å². The molecule has 0 aliphatic heterocycles. The highest BCUT2D eigenvalue weighted by Gasteiger charge is 1.82. The molecule has 0 aromatic rings. The fourth-order valence-corrected chi connectivity index (χ4v) is 2.03. The second kappa shape index (κ2) is 19.2. The van der Waals surface area contributed by atoms with Crippen LogP contribution in [-0.4, -0.2) is 5.97 Å². The van der Waals surface area contributed by atoms with E-state index in [4.69, 9.17) is 0 Å². The van der Waals surface area contributed by atoms with Crippen LogP contribution in [0.15, 0.2) is 60.8 Å². The van der Waals surface area contributed by atoms with Crippen molar-refractivity contribution in [1.82, 2.24) is 0 Å². The molecule has 0 fully saturated rings. The molecule has 0 amide bonds. The lowest BCUT2D eigenvalue weighted by molar-refractivity contribution is -0.305. The van der Waals surface area contributed by atoms with Crippen molar-refractivity contribution in [2.45, 2.75) is 71.1 Å². The zero-order valence-corrected chi connectivity index (χ0v) is 15.2. The van der Waals surface area contributed by atoms with Gasteiger partial charge < -0.3 is 9.90 Å². The van der Waals surface area contributed by atoms with Gasteiger partial charge >= 0.3 is 0 Å². The average molecular weight is 330 g/mol. The standard InChI is InChI=1S/C22H34O2/c1-2-3-4-5-6-7-8-9-10-11-12-13-14-15-16-17-18-19-20-21-22(23)24/h6-7,9-10,12-13,15-16,18-19H,2-5,8,11,14,17,20-21H2,1H3,(H,23,24)/p-1/b7-6-,10-9-,13-12-,16-15-,19-18-. The first-order valence-electron chi connectivity index (χ1n) is 9.22. The summed E-state index contributed by atoms with van der Waals surface area (Å²) >= 11 is 0. The van der Waals surface area contributed by atoms with Crippen LogP contribution < -0.4 is 5.11 Å². The largest absolute Gasteiger partial charge is 0.550 e. The van der Waals surface area contributed by atoms with Crippen molar-refractivity contribution in [2.24, 2.45) is 0 Å². The molecule has 134 valence electrons. The smallest absolute Gasteiger partial charge is 0.0417 e. The molecule has 0 spiro atoms. The summed E-state index contributed by atoms with van der Waals surface area (Å²) in [4.78, 5) is 10.2. The molecule has 0 aromatic heterocycles. The molecule has 0 N–H and O–H groups in total. The van der Waals surface area contributed by atoms with Gasteiger partial charge in [-0.1, -0.05) is 80.5 Å². The number of carbonyl (C=O) groups excluding carboxylic acids is 1. The third-order valence-corrected chi connectivity index (χ3v) is 3.41. The molecule has 0 rings (SSSR count). The minimum atomic E-state index is -0.989. The van der Waals surface area contributed by atoms with Gasteiger partial charge in [0.15, 0.2) is 0 Å². The Labute approximate surface area is 148 Å². The number of aliphatic carboxylic acids is 1. The lowest BCUT2D eigenvalue weighted by Gasteiger charge is -1.95. The van der Waals surface area contributed by atoms with E-state index in [-0.39, 0.29) is 6.42 Å². The van der Waals surface area contributed by atoms with Gasteiger partial charge in [0.2, 0.25) is 0 Å². The van der Waals surface area contributed by atoms with E-state index in [2.05, 4.69) is 55.5 Å². The highest BCUT2D eigenvalue weighted by Crippen LogP contribution is 2.01. The van der Waals surface area contributed by atoms with Crippen molar-refractivity contribution in [3.8, 4) is 0 Å². The highest BCUT2D eigenvalue weighted by atomic mass is 16.4. The van der Waals surface area contributed by atoms with Crippen LogP contribution in [-0.2, 0) is 4.79 Å². The molecular formula is C22H33O2-. The van der Waals surface area contributed by atoms with Gasteiger partial charge in [-0.3, -0.25) is 0 Å². The monoisotopic (exact) mass is 329 g/mol. The first-order valence-corrected chi connectivity index (χ1v) is 9.22. The normalized spacial score (nSPS) is 12.7. The molecule has 2 nitrogen and oxygen atoms in total. The fraction of sp³-hybridized carbons (Fsp3) is 0.500. The molecule has 2 heteroatoms. The van der Waals surface area contributed by atoms with E-state index in [9.17, 15) is 9.90 Å². The van der Waals surface area contributed by atoms with Gasteiger partial charge in [-0.2, -0.15) is 0 Å². The summed E-state index contributed by atoms with van der Waals surface area (Å²) in [6, 6.07) is 0. The molecule has 0 aliphatic rings. The van der Waals surface area contributed by atoms with Crippen LogP contribution in [0.1, 0.15) is 71.1 Å². The maximum atomic E-state index is 10.2. The quantitative estimate of drug-likeness (QED) is 0.296. The Kier molecular flexibility index (Phi) is 17.8. The first-order chi connectivity index (χ1) is 11.8. The molecule has 0 aromatic carbocycles. The van der Waals surface area contributed by atoms with Gasteiger partial charge in [0.05, 0.1) is 0 Å². The summed E-state index contributed by atoms with van der Waals surface area (Å²) in [5.41, 5.74) is 0. The van der Waals surface area contributed by atoms with Crippen molar-refractivity contribution < 1.29 is 9.90 Å². The third kappa shape index (κ3) is 20.2. The molecule has 0 heterocycles. The third-order valence-electron chi connectivity index (χ3n) is 3.41. The van der Waals surface area contributed by atoms with Gasteiger partial charge in [0.25, 0.3) is 0 Å². The summed E-state index contributed by atoms with van der Waals surface area (Å²) in [5.74, 6) is -0.989. The molecule has 0 saturated carbocycles. The Morgan fingerprint density at radius 3 is 1.50 bits per heavy atom. The van der Waals surface area contributed by atoms with Crippen LogP contribution in [0.25, 0.3) is 0 Å². The second-order valence-electron chi connectivity index (χ2n) is 5.71. The summed E-state index contributed by atoms with van der Waals surface area (Å²) < 4.78 is 0. The van der Waals surface area contributed by atoms with Crippen molar-refractivity contribution in [3.05, 3.63) is 60.8 Å². The van der Waals surface area contributed by atoms with E-state index in [1.807, 2.05) is 12.2 Å². The number of rotatable bonds is 15. The average Bonchev–Trinajstić information content (AvgIpc) is 2.56. The predicted molar refractivity (Wildman–Crippen MR) is 103 cm³/mol. The molecule has 0 unspecified atom stereocenters. The van der Waals surface area contributed by atoms with E-state index in [0.29, 0.717) is 6.42 Å². The highest BCUT2D eigenvalue weighted by molar-refractivity contribution is 5.64. The molecule has 24 heavy (non-hydrogen) atoms. The summed E-state index contributed by atoms with van der Waals surface area (Å²) in [6.45, 7) is 2.23. The maximum absolute atomic E-state index is 10.2. The lowest BCUT2D eigenvalue weighted by atomic mass is 10.2. The van der Waals surface area contributed by atoms with E-state index in [1.54, 1.807) is 0 Å². The van der Waals surface area contributed by atoms with Crippen LogP contribution in [0.4, 0.5) is 0 Å². The summed E-state index contributed by atoms with van der Waals surface area (Å²) in [7, 11) is 0. The number of allylic oxidation sites excluding steroid dienone is 10. The molecule has 0 saturated heterocycles. The molecular weight excluding hydrogens is 296 g/mol. The van der Waals surface area contributed by atoms with Crippen molar-refractivity contribution in [1.29, 1.82) is 0 Å². The predicted octanol–water partition coefficient (Wildman–Crippen LogP) is 5.44. The Morgan fingerprint density at radius 2 is 1.08 bits per heavy atom. The number of hydrogen-bond acceptors (Lipinski definition) is 2. The van der Waals surface area contributed by atoms with Crippen molar-refractivity contribution in [2.75, 3.05) is 0 Å². The van der Waals surface area contributed by atoms with Crippen LogP contribution in [0.3, 0.4) is 0 Å². The molecule has 0 radical (unpaired) electrons. The van der Waals surface area contributed by atoms with Gasteiger partial charge in [-0.15, -0.1) is 0 Å². The summed E-state index contributed by atoms with van der Waals surface area (Å²) in [5, 5.41) is 10.2. The number of carbonyl (C=O) groups is 1. The molecule has 0 bridgehead atoms. The summed E-state index contributed by atoms with van der Waals surface area (Å²) in [6.07, 6.45) is 31.0. The van der Waals surface area contributed by atoms with Crippen LogP contribution in [0.2, 0.25) is 0 Å². The second-order valence-corrected chi connectivity index (χ2v) is 5.71. The van der Waals surface area contributed by atoms with Gasteiger partial charge in [0, 0.05) is 5.97 Å². The number of carboxylic acid groups (broad SMARTS) is 1. The van der Waals surface area contributed by atoms with E-state index >= 15 is 0 Å². The Bertz CT molecular complexity index is 425. The minimum Gasteiger partial charge on any atom is -0.550 e. The fourth-order valence-electron chi connectivity index (χ4n) is 2.03. The Morgan fingerprint density at radius 1 is 0.667 bits per heavy atom. The topological polar surface area (TPSA) is 40.1 Å². The lowest BCUT2D eigenvalue weighted by Crippen LogP contribution is -2.21. The Hall–Kier alpha value is -1.83. The van der Waals surface area contributed by atoms with E-state index in [0.717, 1.165) is 25.7 Å². The van der Waals surface area contributed by atoms with Gasteiger partial charge in [-0.05, 0) is 51.4 Å². The van der Waals surface area contributed by atoms with E-state index < -0.39 is 5.97 Å². The van der Waals surface area contributed by atoms with E-state index in [1.165, 1.54) is 25.7 Å². The van der Waals surface area contributed by atoms with Crippen LogP contribution >= 0.6 is 0 Å². The van der Waals surface area contributed by atoms with Crippen LogP contribution in [0, 0.1) is 0 Å². The van der Waals surface area contributed by atoms with Gasteiger partial charge in [0.1, 0.15) is 0 Å². The first kappa shape index (κ1) is 22.2. The number of unbranched alkanes of at least 4 members (excludes halogenated alkanes) is 3. The SMILES string of the molecule is CCCCC/C=C\C/C=C\C/C=C\C/C=C\C/C=C\CCC(=O)[O-]. The molecule has 0 atom stereocenters. The minimum absolute atomic E-state index is 0.102. The van der Waals surface area contributed by atoms with Gasteiger partial charge in [-0.25, -0.2) is 0 Å². The zero-order valence-electron chi connectivity index (χ0n) is 15.2. The van der Waals surface area contributed by atoms with Crippen LogP contribution in [0.5, 0.6) is 0 Å². The Balaban J connectivity index is 3.46. The molecule has 0 aliphatic carbocycles.